The third-order valence-corrected chi connectivity index (χ3v) is 5.44. The molecule has 0 aliphatic rings. The van der Waals surface area contributed by atoms with Gasteiger partial charge >= 0.3 is 0 Å². The van der Waals surface area contributed by atoms with Gasteiger partial charge < -0.3 is 19.0 Å². The standard InChI is InChI=1S/C25H30N4O3/c1-17-11-18(2)13-22(12-17)32-10-8-28(5)16-24(30)27-25-23(14-26)19(3)20(4)29(25)15-21-7-6-9-31-21/h6-7,9,11-13H,8,10,15-16H2,1-5H3,(H,27,30). The Bertz CT molecular complexity index is 1100. The number of aromatic nitrogens is 1. The van der Waals surface area contributed by atoms with Crippen LogP contribution in [-0.4, -0.2) is 42.1 Å². The van der Waals surface area contributed by atoms with Gasteiger partial charge in [0.25, 0.3) is 0 Å². The van der Waals surface area contributed by atoms with E-state index in [2.05, 4.69) is 17.5 Å². The Morgan fingerprint density at radius 3 is 2.56 bits per heavy atom. The van der Waals surface area contributed by atoms with Crippen LogP contribution in [0.1, 0.15) is 33.7 Å². The number of aryl methyl sites for hydroxylation is 2. The molecule has 2 aromatic heterocycles. The first-order chi connectivity index (χ1) is 15.3. The number of anilines is 1. The van der Waals surface area contributed by atoms with Crippen LogP contribution in [-0.2, 0) is 11.3 Å². The summed E-state index contributed by atoms with van der Waals surface area (Å²) in [7, 11) is 1.87. The number of rotatable bonds is 9. The average Bonchev–Trinajstić information content (AvgIpc) is 3.30. The SMILES string of the molecule is Cc1cc(C)cc(OCCN(C)CC(=O)Nc2c(C#N)c(C)c(C)n2Cc2ccco2)c1. The van der Waals surface area contributed by atoms with E-state index < -0.39 is 0 Å². The molecule has 0 spiro atoms. The molecule has 1 N–H and O–H groups in total. The maximum atomic E-state index is 12.7. The van der Waals surface area contributed by atoms with Crippen LogP contribution < -0.4 is 10.1 Å². The molecule has 0 unspecified atom stereocenters. The van der Waals surface area contributed by atoms with Crippen molar-refractivity contribution in [1.29, 1.82) is 5.26 Å². The van der Waals surface area contributed by atoms with Gasteiger partial charge in [0, 0.05) is 12.2 Å². The van der Waals surface area contributed by atoms with Gasteiger partial charge in [-0.3, -0.25) is 9.69 Å². The lowest BCUT2D eigenvalue weighted by atomic mass is 10.1. The molecule has 0 aliphatic carbocycles. The van der Waals surface area contributed by atoms with Gasteiger partial charge in [0.15, 0.2) is 0 Å². The zero-order valence-corrected chi connectivity index (χ0v) is 19.4. The van der Waals surface area contributed by atoms with E-state index in [1.165, 1.54) is 0 Å². The lowest BCUT2D eigenvalue weighted by Crippen LogP contribution is -2.33. The number of likely N-dealkylation sites (N-methyl/N-ethyl adjacent to an activating group) is 1. The average molecular weight is 435 g/mol. The fourth-order valence-corrected chi connectivity index (χ4v) is 3.72. The van der Waals surface area contributed by atoms with Crippen molar-refractivity contribution in [3.05, 3.63) is 70.3 Å². The predicted molar refractivity (Wildman–Crippen MR) is 124 cm³/mol. The number of carbonyl (C=O) groups is 1. The second-order valence-corrected chi connectivity index (χ2v) is 8.17. The number of carbonyl (C=O) groups excluding carboxylic acids is 1. The first-order valence-corrected chi connectivity index (χ1v) is 10.6. The van der Waals surface area contributed by atoms with Gasteiger partial charge in [-0.1, -0.05) is 6.07 Å². The van der Waals surface area contributed by atoms with E-state index in [-0.39, 0.29) is 12.5 Å². The third kappa shape index (κ3) is 5.59. The fourth-order valence-electron chi connectivity index (χ4n) is 3.72. The predicted octanol–water partition coefficient (Wildman–Crippen LogP) is 4.18. The van der Waals surface area contributed by atoms with Crippen LogP contribution in [0.2, 0.25) is 0 Å². The topological polar surface area (TPSA) is 83.4 Å². The Hall–Kier alpha value is -3.50. The summed E-state index contributed by atoms with van der Waals surface area (Å²) in [5, 5.41) is 12.6. The molecule has 32 heavy (non-hydrogen) atoms. The van der Waals surface area contributed by atoms with E-state index in [4.69, 9.17) is 9.15 Å². The van der Waals surface area contributed by atoms with E-state index in [1.807, 2.05) is 68.5 Å². The maximum Gasteiger partial charge on any atom is 0.239 e. The molecule has 1 amide bonds. The molecule has 168 valence electrons. The number of benzene rings is 1. The van der Waals surface area contributed by atoms with Gasteiger partial charge in [-0.25, -0.2) is 0 Å². The van der Waals surface area contributed by atoms with Gasteiger partial charge in [0.1, 0.15) is 30.0 Å². The molecular weight excluding hydrogens is 404 g/mol. The number of hydrogen-bond acceptors (Lipinski definition) is 5. The third-order valence-electron chi connectivity index (χ3n) is 5.44. The molecule has 0 bridgehead atoms. The Balaban J connectivity index is 1.61. The minimum absolute atomic E-state index is 0.186. The first kappa shape index (κ1) is 23.2. The molecule has 7 heteroatoms. The summed E-state index contributed by atoms with van der Waals surface area (Å²) < 4.78 is 13.2. The molecular formula is C25H30N4O3. The molecule has 0 saturated carbocycles. The highest BCUT2D eigenvalue weighted by Crippen LogP contribution is 2.27. The minimum atomic E-state index is -0.186. The number of hydrogen-bond donors (Lipinski definition) is 1. The summed E-state index contributed by atoms with van der Waals surface area (Å²) in [4.78, 5) is 14.6. The zero-order valence-electron chi connectivity index (χ0n) is 19.4. The molecule has 0 radical (unpaired) electrons. The molecule has 7 nitrogen and oxygen atoms in total. The summed E-state index contributed by atoms with van der Waals surface area (Å²) in [6.07, 6.45) is 1.61. The van der Waals surface area contributed by atoms with Gasteiger partial charge in [-0.15, -0.1) is 0 Å². The molecule has 0 fully saturated rings. The van der Waals surface area contributed by atoms with Crippen molar-refractivity contribution in [3.8, 4) is 11.8 Å². The van der Waals surface area contributed by atoms with E-state index in [0.717, 1.165) is 33.9 Å². The molecule has 0 aliphatic heterocycles. The first-order valence-electron chi connectivity index (χ1n) is 10.6. The molecule has 1 aromatic carbocycles. The monoisotopic (exact) mass is 434 g/mol. The summed E-state index contributed by atoms with van der Waals surface area (Å²) in [6, 6.07) is 12.0. The molecule has 2 heterocycles. The van der Waals surface area contributed by atoms with Crippen LogP contribution >= 0.6 is 0 Å². The van der Waals surface area contributed by atoms with Gasteiger partial charge in [-0.05, 0) is 75.7 Å². The van der Waals surface area contributed by atoms with Crippen molar-refractivity contribution in [2.45, 2.75) is 34.2 Å². The Kier molecular flexibility index (Phi) is 7.39. The van der Waals surface area contributed by atoms with E-state index in [1.54, 1.807) is 6.26 Å². The second-order valence-electron chi connectivity index (χ2n) is 8.17. The molecule has 3 rings (SSSR count). The summed E-state index contributed by atoms with van der Waals surface area (Å²) in [6.45, 7) is 9.60. The van der Waals surface area contributed by atoms with Crippen molar-refractivity contribution in [3.63, 3.8) is 0 Å². The van der Waals surface area contributed by atoms with Crippen molar-refractivity contribution in [2.75, 3.05) is 32.1 Å². The van der Waals surface area contributed by atoms with Crippen LogP contribution in [0, 0.1) is 39.0 Å². The van der Waals surface area contributed by atoms with E-state index in [0.29, 0.717) is 31.1 Å². The number of nitriles is 1. The van der Waals surface area contributed by atoms with Gasteiger partial charge in [0.05, 0.1) is 24.9 Å². The van der Waals surface area contributed by atoms with E-state index >= 15 is 0 Å². The summed E-state index contributed by atoms with van der Waals surface area (Å²) in [5.41, 5.74) is 4.56. The maximum absolute atomic E-state index is 12.7. The van der Waals surface area contributed by atoms with Gasteiger partial charge in [-0.2, -0.15) is 5.26 Å². The Labute approximate surface area is 189 Å². The number of ether oxygens (including phenoxy) is 1. The quantitative estimate of drug-likeness (QED) is 0.546. The van der Waals surface area contributed by atoms with Crippen molar-refractivity contribution in [1.82, 2.24) is 9.47 Å². The minimum Gasteiger partial charge on any atom is -0.492 e. The van der Waals surface area contributed by atoms with Crippen LogP contribution in [0.4, 0.5) is 5.82 Å². The lowest BCUT2D eigenvalue weighted by molar-refractivity contribution is -0.117. The number of nitrogens with zero attached hydrogens (tertiary/aromatic N) is 3. The van der Waals surface area contributed by atoms with Crippen LogP contribution in [0.25, 0.3) is 0 Å². The number of amides is 1. The van der Waals surface area contributed by atoms with Crippen LogP contribution in [0.5, 0.6) is 5.75 Å². The zero-order chi connectivity index (χ0) is 23.3. The highest BCUT2D eigenvalue weighted by atomic mass is 16.5. The largest absolute Gasteiger partial charge is 0.492 e. The highest BCUT2D eigenvalue weighted by molar-refractivity contribution is 5.93. The lowest BCUT2D eigenvalue weighted by Gasteiger charge is -2.18. The van der Waals surface area contributed by atoms with Gasteiger partial charge in [0.2, 0.25) is 5.91 Å². The van der Waals surface area contributed by atoms with Crippen LogP contribution in [0.3, 0.4) is 0 Å². The molecule has 0 atom stereocenters. The smallest absolute Gasteiger partial charge is 0.239 e. The van der Waals surface area contributed by atoms with Crippen molar-refractivity contribution < 1.29 is 13.9 Å². The van der Waals surface area contributed by atoms with E-state index in [9.17, 15) is 10.1 Å². The molecule has 3 aromatic rings. The summed E-state index contributed by atoms with van der Waals surface area (Å²) >= 11 is 0. The highest BCUT2D eigenvalue weighted by Gasteiger charge is 2.20. The normalized spacial score (nSPS) is 10.9. The fraction of sp³-hybridized carbons (Fsp3) is 0.360. The van der Waals surface area contributed by atoms with Crippen LogP contribution in [0.15, 0.2) is 41.0 Å². The number of furan rings is 1. The summed E-state index contributed by atoms with van der Waals surface area (Å²) in [5.74, 6) is 1.90. The van der Waals surface area contributed by atoms with Crippen molar-refractivity contribution >= 4 is 11.7 Å². The molecule has 0 saturated heterocycles. The number of nitrogens with one attached hydrogen (secondary N) is 1. The second kappa shape index (κ2) is 10.2. The van der Waals surface area contributed by atoms with Crippen molar-refractivity contribution in [2.24, 2.45) is 0 Å². The Morgan fingerprint density at radius 2 is 1.94 bits per heavy atom. The Morgan fingerprint density at radius 1 is 1.22 bits per heavy atom.